The van der Waals surface area contributed by atoms with Gasteiger partial charge in [-0.05, 0) is 41.4 Å². The molecule has 1 aliphatic heterocycles. The summed E-state index contributed by atoms with van der Waals surface area (Å²) in [5.74, 6) is -0.197. The molecule has 2 aromatic heterocycles. The lowest BCUT2D eigenvalue weighted by Crippen LogP contribution is -2.53. The molecule has 0 radical (unpaired) electrons. The highest BCUT2D eigenvalue weighted by Crippen LogP contribution is 2.12. The van der Waals surface area contributed by atoms with Crippen molar-refractivity contribution >= 4 is 23.2 Å². The van der Waals surface area contributed by atoms with Crippen LogP contribution in [-0.4, -0.2) is 53.8 Å². The number of rotatable bonds is 5. The van der Waals surface area contributed by atoms with Gasteiger partial charge in [0.1, 0.15) is 6.04 Å². The largest absolute Gasteiger partial charge is 0.459 e. The first-order chi connectivity index (χ1) is 11.6. The summed E-state index contributed by atoms with van der Waals surface area (Å²) in [4.78, 5) is 28.6. The number of piperazine rings is 1. The highest BCUT2D eigenvalue weighted by molar-refractivity contribution is 7.07. The predicted molar refractivity (Wildman–Crippen MR) is 91.8 cm³/mol. The Balaban J connectivity index is 1.46. The number of furan rings is 1. The molecule has 24 heavy (non-hydrogen) atoms. The van der Waals surface area contributed by atoms with Gasteiger partial charge in [-0.3, -0.25) is 14.5 Å². The molecule has 6 nitrogen and oxygen atoms in total. The van der Waals surface area contributed by atoms with Crippen LogP contribution in [0.15, 0.2) is 39.6 Å². The van der Waals surface area contributed by atoms with Gasteiger partial charge in [-0.25, -0.2) is 0 Å². The Bertz CT molecular complexity index is 661. The molecule has 128 valence electrons. The van der Waals surface area contributed by atoms with E-state index in [1.165, 1.54) is 11.8 Å². The minimum absolute atomic E-state index is 0.0508. The Hall–Kier alpha value is -2.12. The molecule has 0 unspecified atom stereocenters. The summed E-state index contributed by atoms with van der Waals surface area (Å²) in [7, 11) is 0. The van der Waals surface area contributed by atoms with E-state index < -0.39 is 6.04 Å². The van der Waals surface area contributed by atoms with E-state index >= 15 is 0 Å². The molecule has 0 aliphatic carbocycles. The molecule has 0 aromatic carbocycles. The quantitative estimate of drug-likeness (QED) is 0.896. The summed E-state index contributed by atoms with van der Waals surface area (Å²) in [5.41, 5.74) is 1.32. The maximum Gasteiger partial charge on any atom is 0.287 e. The fourth-order valence-corrected chi connectivity index (χ4v) is 3.44. The van der Waals surface area contributed by atoms with Crippen molar-refractivity contribution in [2.45, 2.75) is 19.5 Å². The van der Waals surface area contributed by atoms with Crippen molar-refractivity contribution in [1.29, 1.82) is 0 Å². The normalized spacial score (nSPS) is 16.8. The number of hydrogen-bond donors (Lipinski definition) is 1. The molecule has 1 N–H and O–H groups in total. The number of amides is 2. The highest BCUT2D eigenvalue weighted by atomic mass is 32.1. The first-order valence-electron chi connectivity index (χ1n) is 8.00. The van der Waals surface area contributed by atoms with Gasteiger partial charge in [-0.1, -0.05) is 0 Å². The van der Waals surface area contributed by atoms with Crippen molar-refractivity contribution in [3.05, 3.63) is 46.5 Å². The lowest BCUT2D eigenvalue weighted by Gasteiger charge is -2.35. The average Bonchev–Trinajstić information content (AvgIpc) is 3.28. The molecule has 2 amide bonds. The van der Waals surface area contributed by atoms with Gasteiger partial charge in [-0.15, -0.1) is 0 Å². The van der Waals surface area contributed by atoms with Crippen molar-refractivity contribution in [3.8, 4) is 0 Å². The lowest BCUT2D eigenvalue weighted by atomic mass is 10.2. The van der Waals surface area contributed by atoms with Crippen LogP contribution < -0.4 is 5.32 Å². The topological polar surface area (TPSA) is 65.8 Å². The van der Waals surface area contributed by atoms with Crippen LogP contribution in [0.1, 0.15) is 23.0 Å². The van der Waals surface area contributed by atoms with E-state index in [-0.39, 0.29) is 17.6 Å². The van der Waals surface area contributed by atoms with E-state index in [0.717, 1.165) is 19.6 Å². The number of thiophene rings is 1. The van der Waals surface area contributed by atoms with Crippen LogP contribution in [0.2, 0.25) is 0 Å². The molecule has 0 bridgehead atoms. The van der Waals surface area contributed by atoms with E-state index in [1.807, 2.05) is 4.90 Å². The van der Waals surface area contributed by atoms with Crippen LogP contribution in [0.3, 0.4) is 0 Å². The third-order valence-electron chi connectivity index (χ3n) is 4.13. The van der Waals surface area contributed by atoms with E-state index in [9.17, 15) is 9.59 Å². The number of hydrogen-bond acceptors (Lipinski definition) is 5. The van der Waals surface area contributed by atoms with Crippen LogP contribution in [0, 0.1) is 0 Å². The van der Waals surface area contributed by atoms with E-state index in [2.05, 4.69) is 27.0 Å². The third-order valence-corrected chi connectivity index (χ3v) is 4.87. The Morgan fingerprint density at radius 2 is 2.08 bits per heavy atom. The fourth-order valence-electron chi connectivity index (χ4n) is 2.78. The van der Waals surface area contributed by atoms with Crippen LogP contribution >= 0.6 is 11.3 Å². The molecule has 7 heteroatoms. The van der Waals surface area contributed by atoms with E-state index in [0.29, 0.717) is 13.1 Å². The SMILES string of the molecule is C[C@H](NC(=O)c1ccco1)C(=O)N1CCN(Cc2ccsc2)CC1. The van der Waals surface area contributed by atoms with Crippen molar-refractivity contribution in [2.75, 3.05) is 26.2 Å². The maximum atomic E-state index is 12.5. The zero-order valence-corrected chi connectivity index (χ0v) is 14.4. The molecule has 0 saturated carbocycles. The van der Waals surface area contributed by atoms with Gasteiger partial charge in [0.2, 0.25) is 5.91 Å². The average molecular weight is 347 g/mol. The number of carbonyl (C=O) groups is 2. The van der Waals surface area contributed by atoms with Crippen molar-refractivity contribution in [1.82, 2.24) is 15.1 Å². The molecule has 1 fully saturated rings. The number of carbonyl (C=O) groups excluding carboxylic acids is 2. The molecular weight excluding hydrogens is 326 g/mol. The summed E-state index contributed by atoms with van der Waals surface area (Å²) in [6.45, 7) is 5.70. The van der Waals surface area contributed by atoms with Gasteiger partial charge in [0.15, 0.2) is 5.76 Å². The van der Waals surface area contributed by atoms with Gasteiger partial charge in [0.25, 0.3) is 5.91 Å². The monoisotopic (exact) mass is 347 g/mol. The van der Waals surface area contributed by atoms with Crippen LogP contribution in [0.5, 0.6) is 0 Å². The van der Waals surface area contributed by atoms with Gasteiger partial charge < -0.3 is 14.6 Å². The summed E-state index contributed by atoms with van der Waals surface area (Å²) in [5, 5.41) is 6.93. The van der Waals surface area contributed by atoms with Gasteiger partial charge >= 0.3 is 0 Å². The maximum absolute atomic E-state index is 12.5. The molecule has 2 aromatic rings. The molecule has 3 rings (SSSR count). The van der Waals surface area contributed by atoms with E-state index in [4.69, 9.17) is 4.42 Å². The second-order valence-electron chi connectivity index (χ2n) is 5.91. The van der Waals surface area contributed by atoms with Crippen LogP contribution in [-0.2, 0) is 11.3 Å². The zero-order valence-electron chi connectivity index (χ0n) is 13.6. The molecule has 1 atom stereocenters. The van der Waals surface area contributed by atoms with Crippen molar-refractivity contribution < 1.29 is 14.0 Å². The smallest absolute Gasteiger partial charge is 0.287 e. The van der Waals surface area contributed by atoms with Crippen LogP contribution in [0.4, 0.5) is 0 Å². The predicted octanol–water partition coefficient (Wildman–Crippen LogP) is 1.80. The Morgan fingerprint density at radius 1 is 1.29 bits per heavy atom. The molecular formula is C17H21N3O3S. The number of nitrogens with zero attached hydrogens (tertiary/aromatic N) is 2. The third kappa shape index (κ3) is 4.04. The first kappa shape index (κ1) is 16.7. The molecule has 1 aliphatic rings. The minimum atomic E-state index is -0.564. The molecule has 3 heterocycles. The Labute approximate surface area is 145 Å². The molecule has 1 saturated heterocycles. The standard InChI is InChI=1S/C17H21N3O3S/c1-13(18-16(21)15-3-2-9-23-15)17(22)20-7-5-19(6-8-20)11-14-4-10-24-12-14/h2-4,9-10,12-13H,5-8,11H2,1H3,(H,18,21)/t13-/m0/s1. The summed E-state index contributed by atoms with van der Waals surface area (Å²) in [6.07, 6.45) is 1.44. The van der Waals surface area contributed by atoms with Crippen molar-refractivity contribution in [3.63, 3.8) is 0 Å². The zero-order chi connectivity index (χ0) is 16.9. The van der Waals surface area contributed by atoms with Gasteiger partial charge in [-0.2, -0.15) is 11.3 Å². The Kier molecular flexibility index (Phi) is 5.32. The number of nitrogens with one attached hydrogen (secondary N) is 1. The van der Waals surface area contributed by atoms with Gasteiger partial charge in [0, 0.05) is 32.7 Å². The summed E-state index contributed by atoms with van der Waals surface area (Å²) < 4.78 is 5.04. The summed E-state index contributed by atoms with van der Waals surface area (Å²) in [6, 6.07) is 4.80. The van der Waals surface area contributed by atoms with Crippen LogP contribution in [0.25, 0.3) is 0 Å². The van der Waals surface area contributed by atoms with Crippen molar-refractivity contribution in [2.24, 2.45) is 0 Å². The fraction of sp³-hybridized carbons (Fsp3) is 0.412. The second kappa shape index (κ2) is 7.63. The highest BCUT2D eigenvalue weighted by Gasteiger charge is 2.26. The minimum Gasteiger partial charge on any atom is -0.459 e. The van der Waals surface area contributed by atoms with Gasteiger partial charge in [0.05, 0.1) is 6.26 Å². The first-order valence-corrected chi connectivity index (χ1v) is 8.94. The summed E-state index contributed by atoms with van der Waals surface area (Å²) >= 11 is 1.70. The molecule has 0 spiro atoms. The lowest BCUT2D eigenvalue weighted by molar-refractivity contribution is -0.134. The van der Waals surface area contributed by atoms with E-state index in [1.54, 1.807) is 30.4 Å². The Morgan fingerprint density at radius 3 is 2.71 bits per heavy atom. The second-order valence-corrected chi connectivity index (χ2v) is 6.69.